The summed E-state index contributed by atoms with van der Waals surface area (Å²) < 4.78 is 5.36. The van der Waals surface area contributed by atoms with Gasteiger partial charge in [-0.3, -0.25) is 4.99 Å². The number of aliphatic imine (C=N–C) groups is 1. The van der Waals surface area contributed by atoms with E-state index in [2.05, 4.69) is 29.1 Å². The van der Waals surface area contributed by atoms with Crippen LogP contribution < -0.4 is 0 Å². The lowest BCUT2D eigenvalue weighted by Crippen LogP contribution is -2.26. The average molecular weight is 244 g/mol. The summed E-state index contributed by atoms with van der Waals surface area (Å²) in [4.78, 5) is 6.57. The molecule has 1 aromatic carbocycles. The molecule has 0 spiro atoms. The maximum absolute atomic E-state index is 5.36. The maximum Gasteiger partial charge on any atom is 0.176 e. The smallest absolute Gasteiger partial charge is 0.176 e. The molecule has 0 aromatic heterocycles. The predicted octanol–water partition coefficient (Wildman–Crippen LogP) is 2.84. The summed E-state index contributed by atoms with van der Waals surface area (Å²) in [5.74, 6) is 0. The summed E-state index contributed by atoms with van der Waals surface area (Å²) >= 11 is 0. The van der Waals surface area contributed by atoms with Crippen molar-refractivity contribution in [1.82, 2.24) is 4.90 Å². The van der Waals surface area contributed by atoms with Crippen LogP contribution in [0.4, 0.5) is 0 Å². The minimum absolute atomic E-state index is 0.673. The number of hydrogen-bond acceptors (Lipinski definition) is 3. The van der Waals surface area contributed by atoms with Crippen LogP contribution in [0.1, 0.15) is 18.4 Å². The normalized spacial score (nSPS) is 17.1. The Labute approximate surface area is 109 Å². The second-order valence-corrected chi connectivity index (χ2v) is 4.65. The molecule has 3 nitrogen and oxygen atoms in total. The first-order valence-corrected chi connectivity index (χ1v) is 6.39. The molecule has 0 unspecified atom stereocenters. The van der Waals surface area contributed by atoms with Crippen molar-refractivity contribution in [1.29, 1.82) is 0 Å². The molecule has 0 N–H and O–H groups in total. The molecule has 0 amide bonds. The number of hydrogen-bond donors (Lipinski definition) is 0. The van der Waals surface area contributed by atoms with Gasteiger partial charge >= 0.3 is 0 Å². The summed E-state index contributed by atoms with van der Waals surface area (Å²) in [5.41, 5.74) is 2.57. The van der Waals surface area contributed by atoms with Crippen LogP contribution in [-0.2, 0) is 11.3 Å². The molecule has 1 aliphatic heterocycles. The van der Waals surface area contributed by atoms with Crippen LogP contribution in [0.2, 0.25) is 0 Å². The minimum Gasteiger partial charge on any atom is -0.454 e. The lowest BCUT2D eigenvalue weighted by Gasteiger charge is -2.23. The summed E-state index contributed by atoms with van der Waals surface area (Å²) in [7, 11) is 2.15. The van der Waals surface area contributed by atoms with Crippen LogP contribution in [0.5, 0.6) is 0 Å². The third kappa shape index (κ3) is 4.34. The molecule has 96 valence electrons. The van der Waals surface area contributed by atoms with Gasteiger partial charge in [0.1, 0.15) is 0 Å². The van der Waals surface area contributed by atoms with E-state index in [4.69, 9.17) is 4.74 Å². The van der Waals surface area contributed by atoms with Crippen LogP contribution in [0.3, 0.4) is 0 Å². The zero-order valence-electron chi connectivity index (χ0n) is 10.9. The number of likely N-dealkylation sites (tertiary alicyclic amines) is 1. The number of rotatable bonds is 4. The fourth-order valence-corrected chi connectivity index (χ4v) is 1.92. The first-order valence-electron chi connectivity index (χ1n) is 6.39. The van der Waals surface area contributed by atoms with Crippen molar-refractivity contribution in [2.45, 2.75) is 19.4 Å². The van der Waals surface area contributed by atoms with Crippen LogP contribution in [-0.4, -0.2) is 31.4 Å². The first-order chi connectivity index (χ1) is 8.84. The lowest BCUT2D eigenvalue weighted by atomic mass is 10.1. The first kappa shape index (κ1) is 12.8. The Hall–Kier alpha value is -1.61. The van der Waals surface area contributed by atoms with E-state index in [1.165, 1.54) is 11.1 Å². The average Bonchev–Trinajstić information content (AvgIpc) is 2.42. The predicted molar refractivity (Wildman–Crippen MR) is 74.5 cm³/mol. The number of ether oxygens (including phenoxy) is 1. The van der Waals surface area contributed by atoms with Gasteiger partial charge in [-0.15, -0.1) is 0 Å². The van der Waals surface area contributed by atoms with Crippen LogP contribution in [0.15, 0.2) is 47.2 Å². The molecule has 0 bridgehead atoms. The van der Waals surface area contributed by atoms with Crippen molar-refractivity contribution < 1.29 is 4.74 Å². The number of benzene rings is 1. The topological polar surface area (TPSA) is 24.8 Å². The molecule has 0 aliphatic carbocycles. The highest BCUT2D eigenvalue weighted by atomic mass is 16.5. The van der Waals surface area contributed by atoms with Gasteiger partial charge in [0.05, 0.1) is 12.8 Å². The van der Waals surface area contributed by atoms with Gasteiger partial charge in [-0.05, 0) is 31.0 Å². The van der Waals surface area contributed by atoms with Crippen LogP contribution >= 0.6 is 0 Å². The van der Waals surface area contributed by atoms with Crippen molar-refractivity contribution in [3.8, 4) is 0 Å². The third-order valence-electron chi connectivity index (χ3n) is 3.12. The Bertz CT molecular complexity index is 402. The molecule has 1 fully saturated rings. The third-order valence-corrected chi connectivity index (χ3v) is 3.12. The molecule has 1 saturated heterocycles. The van der Waals surface area contributed by atoms with Gasteiger partial charge in [0.25, 0.3) is 0 Å². The summed E-state index contributed by atoms with van der Waals surface area (Å²) in [6.45, 7) is 2.92. The SMILES string of the molecule is CN1CCC(=COC=NCc2ccccc2)CC1. The molecule has 2 rings (SSSR count). The zero-order chi connectivity index (χ0) is 12.6. The highest BCUT2D eigenvalue weighted by Gasteiger charge is 2.09. The van der Waals surface area contributed by atoms with Gasteiger partial charge in [-0.1, -0.05) is 30.3 Å². The fourth-order valence-electron chi connectivity index (χ4n) is 1.92. The van der Waals surface area contributed by atoms with Gasteiger partial charge < -0.3 is 9.64 Å². The van der Waals surface area contributed by atoms with E-state index >= 15 is 0 Å². The summed E-state index contributed by atoms with van der Waals surface area (Å²) in [6.07, 6.45) is 5.59. The standard InChI is InChI=1S/C15H20N2O/c1-17-9-7-15(8-10-17)12-18-13-16-11-14-5-3-2-4-6-14/h2-6,12-13H,7-11H2,1H3. The second-order valence-electron chi connectivity index (χ2n) is 4.65. The lowest BCUT2D eigenvalue weighted by molar-refractivity contribution is 0.307. The zero-order valence-corrected chi connectivity index (χ0v) is 10.9. The van der Waals surface area contributed by atoms with E-state index in [1.807, 2.05) is 24.5 Å². The van der Waals surface area contributed by atoms with Gasteiger partial charge in [-0.2, -0.15) is 0 Å². The van der Waals surface area contributed by atoms with E-state index in [0.29, 0.717) is 6.54 Å². The van der Waals surface area contributed by atoms with Crippen molar-refractivity contribution in [3.05, 3.63) is 47.7 Å². The molecule has 0 saturated carbocycles. The Morgan fingerprint density at radius 2 is 1.94 bits per heavy atom. The summed E-state index contributed by atoms with van der Waals surface area (Å²) in [5, 5.41) is 0. The largest absolute Gasteiger partial charge is 0.454 e. The Kier molecular flexibility index (Phi) is 4.97. The molecular formula is C15H20N2O. The van der Waals surface area contributed by atoms with Gasteiger partial charge in [0.2, 0.25) is 0 Å². The van der Waals surface area contributed by atoms with E-state index in [9.17, 15) is 0 Å². The van der Waals surface area contributed by atoms with Crippen molar-refractivity contribution in [2.75, 3.05) is 20.1 Å². The van der Waals surface area contributed by atoms with Gasteiger partial charge in [0.15, 0.2) is 6.40 Å². The number of piperidine rings is 1. The van der Waals surface area contributed by atoms with Crippen molar-refractivity contribution >= 4 is 6.40 Å². The van der Waals surface area contributed by atoms with Crippen molar-refractivity contribution in [2.24, 2.45) is 4.99 Å². The Morgan fingerprint density at radius 3 is 2.67 bits per heavy atom. The van der Waals surface area contributed by atoms with E-state index in [-0.39, 0.29) is 0 Å². The molecular weight excluding hydrogens is 224 g/mol. The molecule has 0 radical (unpaired) electrons. The molecule has 0 atom stereocenters. The summed E-state index contributed by atoms with van der Waals surface area (Å²) in [6, 6.07) is 10.2. The Morgan fingerprint density at radius 1 is 1.22 bits per heavy atom. The van der Waals surface area contributed by atoms with Crippen LogP contribution in [0, 0.1) is 0 Å². The van der Waals surface area contributed by atoms with Gasteiger partial charge in [0, 0.05) is 13.1 Å². The molecule has 18 heavy (non-hydrogen) atoms. The highest BCUT2D eigenvalue weighted by molar-refractivity contribution is 5.47. The molecule has 1 aliphatic rings. The highest BCUT2D eigenvalue weighted by Crippen LogP contribution is 2.14. The fraction of sp³-hybridized carbons (Fsp3) is 0.400. The minimum atomic E-state index is 0.673. The maximum atomic E-state index is 5.36. The van der Waals surface area contributed by atoms with E-state index in [0.717, 1.165) is 25.9 Å². The Balaban J connectivity index is 1.70. The molecule has 1 aromatic rings. The molecule has 3 heteroatoms. The van der Waals surface area contributed by atoms with Crippen molar-refractivity contribution in [3.63, 3.8) is 0 Å². The quantitative estimate of drug-likeness (QED) is 0.462. The van der Waals surface area contributed by atoms with E-state index < -0.39 is 0 Å². The molecule has 1 heterocycles. The monoisotopic (exact) mass is 244 g/mol. The van der Waals surface area contributed by atoms with Gasteiger partial charge in [-0.25, -0.2) is 0 Å². The second kappa shape index (κ2) is 6.97. The number of nitrogens with zero attached hydrogens (tertiary/aromatic N) is 2. The van der Waals surface area contributed by atoms with E-state index in [1.54, 1.807) is 6.40 Å². The van der Waals surface area contributed by atoms with Crippen LogP contribution in [0.25, 0.3) is 0 Å².